The van der Waals surface area contributed by atoms with E-state index in [-0.39, 0.29) is 18.4 Å². The van der Waals surface area contributed by atoms with E-state index in [1.165, 1.54) is 18.2 Å². The molecule has 0 aliphatic carbocycles. The monoisotopic (exact) mass is 475 g/mol. The lowest BCUT2D eigenvalue weighted by Crippen LogP contribution is -2.50. The van der Waals surface area contributed by atoms with Crippen LogP contribution in [-0.2, 0) is 9.59 Å². The summed E-state index contributed by atoms with van der Waals surface area (Å²) in [5, 5.41) is 2.69. The largest absolute Gasteiger partial charge is 0.496 e. The zero-order chi connectivity index (χ0) is 21.5. The summed E-state index contributed by atoms with van der Waals surface area (Å²) in [6.45, 7) is 2.45. The maximum Gasteiger partial charge on any atom is 0.246 e. The van der Waals surface area contributed by atoms with Crippen LogP contribution in [0.25, 0.3) is 6.08 Å². The normalized spacial score (nSPS) is 14.7. The highest BCUT2D eigenvalue weighted by atomic mass is 79.9. The highest BCUT2D eigenvalue weighted by Gasteiger charge is 2.21. The summed E-state index contributed by atoms with van der Waals surface area (Å²) in [5.41, 5.74) is 1.25. The lowest BCUT2D eigenvalue weighted by molar-refractivity contribution is -0.127. The van der Waals surface area contributed by atoms with Crippen LogP contribution < -0.4 is 10.1 Å². The highest BCUT2D eigenvalue weighted by Crippen LogP contribution is 2.24. The fraction of sp³-hybridized carbons (Fsp3) is 0.273. The molecule has 0 unspecified atom stereocenters. The fourth-order valence-corrected chi connectivity index (χ4v) is 3.58. The predicted octanol–water partition coefficient (Wildman–Crippen LogP) is 3.39. The SMILES string of the molecule is COc1ccc(Br)cc1/C=C/C(=O)N1CCN(CC(=O)Nc2cccc(F)c2)CC1. The van der Waals surface area contributed by atoms with Crippen LogP contribution in [0.3, 0.4) is 0 Å². The number of amides is 2. The number of nitrogens with one attached hydrogen (secondary N) is 1. The third kappa shape index (κ3) is 6.14. The number of hydrogen-bond acceptors (Lipinski definition) is 4. The first kappa shape index (κ1) is 22.0. The molecule has 1 fully saturated rings. The Kier molecular flexibility index (Phi) is 7.59. The van der Waals surface area contributed by atoms with Crippen molar-refractivity contribution in [3.8, 4) is 5.75 Å². The van der Waals surface area contributed by atoms with Crippen molar-refractivity contribution in [3.05, 3.63) is 64.4 Å². The molecular weight excluding hydrogens is 453 g/mol. The van der Waals surface area contributed by atoms with Crippen LogP contribution in [0.15, 0.2) is 53.0 Å². The molecule has 8 heteroatoms. The molecule has 3 rings (SSSR count). The smallest absolute Gasteiger partial charge is 0.246 e. The summed E-state index contributed by atoms with van der Waals surface area (Å²) in [7, 11) is 1.59. The van der Waals surface area contributed by atoms with Gasteiger partial charge in [0.15, 0.2) is 0 Å². The first-order valence-electron chi connectivity index (χ1n) is 9.53. The minimum absolute atomic E-state index is 0.0825. The number of anilines is 1. The quantitative estimate of drug-likeness (QED) is 0.650. The molecule has 0 radical (unpaired) electrons. The first-order chi connectivity index (χ1) is 14.4. The molecule has 1 aliphatic rings. The molecule has 0 spiro atoms. The molecule has 2 amide bonds. The molecule has 1 N–H and O–H groups in total. The average molecular weight is 476 g/mol. The Labute approximate surface area is 183 Å². The van der Waals surface area contributed by atoms with Crippen LogP contribution in [0.4, 0.5) is 10.1 Å². The summed E-state index contributed by atoms with van der Waals surface area (Å²) in [6.07, 6.45) is 3.28. The molecule has 158 valence electrons. The zero-order valence-corrected chi connectivity index (χ0v) is 18.2. The molecule has 0 aromatic heterocycles. The van der Waals surface area contributed by atoms with Gasteiger partial charge in [0.2, 0.25) is 11.8 Å². The number of hydrogen-bond donors (Lipinski definition) is 1. The van der Waals surface area contributed by atoms with E-state index in [2.05, 4.69) is 21.2 Å². The Bertz CT molecular complexity index is 943. The minimum Gasteiger partial charge on any atom is -0.496 e. The molecule has 0 saturated carbocycles. The molecule has 6 nitrogen and oxygen atoms in total. The second-order valence-electron chi connectivity index (χ2n) is 6.88. The van der Waals surface area contributed by atoms with E-state index in [0.717, 1.165) is 10.0 Å². The molecule has 1 saturated heterocycles. The maximum atomic E-state index is 13.2. The van der Waals surface area contributed by atoms with Gasteiger partial charge in [0.25, 0.3) is 0 Å². The van der Waals surface area contributed by atoms with Crippen molar-refractivity contribution in [2.75, 3.05) is 45.2 Å². The van der Waals surface area contributed by atoms with Gasteiger partial charge in [-0.25, -0.2) is 4.39 Å². The molecule has 2 aromatic carbocycles. The predicted molar refractivity (Wildman–Crippen MR) is 118 cm³/mol. The Balaban J connectivity index is 1.48. The summed E-state index contributed by atoms with van der Waals surface area (Å²) >= 11 is 3.42. The number of piperazine rings is 1. The van der Waals surface area contributed by atoms with Gasteiger partial charge in [-0.2, -0.15) is 0 Å². The second kappa shape index (κ2) is 10.4. The van der Waals surface area contributed by atoms with Crippen LogP contribution in [0.5, 0.6) is 5.75 Å². The number of ether oxygens (including phenoxy) is 1. The number of nitrogens with zero attached hydrogens (tertiary/aromatic N) is 2. The molecule has 1 heterocycles. The van der Waals surface area contributed by atoms with Crippen molar-refractivity contribution in [1.29, 1.82) is 0 Å². The Hall–Kier alpha value is -2.71. The van der Waals surface area contributed by atoms with Gasteiger partial charge in [-0.15, -0.1) is 0 Å². The zero-order valence-electron chi connectivity index (χ0n) is 16.6. The minimum atomic E-state index is -0.395. The molecule has 0 atom stereocenters. The topological polar surface area (TPSA) is 61.9 Å². The molecule has 1 aliphatic heterocycles. The summed E-state index contributed by atoms with van der Waals surface area (Å²) in [5.74, 6) is 0.00718. The number of methoxy groups -OCH3 is 1. The number of rotatable bonds is 6. The van der Waals surface area contributed by atoms with Gasteiger partial charge in [0.1, 0.15) is 11.6 Å². The molecular formula is C22H23BrFN3O3. The van der Waals surface area contributed by atoms with Gasteiger partial charge in [-0.05, 0) is 42.5 Å². The van der Waals surface area contributed by atoms with E-state index < -0.39 is 5.82 Å². The van der Waals surface area contributed by atoms with E-state index in [1.54, 1.807) is 30.2 Å². The molecule has 2 aromatic rings. The van der Waals surface area contributed by atoms with Crippen molar-refractivity contribution in [2.24, 2.45) is 0 Å². The van der Waals surface area contributed by atoms with Gasteiger partial charge in [-0.1, -0.05) is 22.0 Å². The van der Waals surface area contributed by atoms with Crippen LogP contribution in [0, 0.1) is 5.82 Å². The van der Waals surface area contributed by atoms with E-state index in [1.807, 2.05) is 23.1 Å². The number of carbonyl (C=O) groups excluding carboxylic acids is 2. The Morgan fingerprint density at radius 3 is 2.63 bits per heavy atom. The first-order valence-corrected chi connectivity index (χ1v) is 10.3. The third-order valence-corrected chi connectivity index (χ3v) is 5.25. The Morgan fingerprint density at radius 2 is 1.93 bits per heavy atom. The third-order valence-electron chi connectivity index (χ3n) is 4.76. The van der Waals surface area contributed by atoms with Crippen LogP contribution in [0.1, 0.15) is 5.56 Å². The van der Waals surface area contributed by atoms with Crippen molar-refractivity contribution in [3.63, 3.8) is 0 Å². The van der Waals surface area contributed by atoms with Crippen molar-refractivity contribution < 1.29 is 18.7 Å². The number of halogens is 2. The van der Waals surface area contributed by atoms with Gasteiger partial charge >= 0.3 is 0 Å². The van der Waals surface area contributed by atoms with Crippen LogP contribution in [0.2, 0.25) is 0 Å². The summed E-state index contributed by atoms with van der Waals surface area (Å²) in [4.78, 5) is 28.4. The average Bonchev–Trinajstić information content (AvgIpc) is 2.72. The lowest BCUT2D eigenvalue weighted by atomic mass is 10.2. The maximum absolute atomic E-state index is 13.2. The van der Waals surface area contributed by atoms with Crippen molar-refractivity contribution >= 4 is 39.5 Å². The Morgan fingerprint density at radius 1 is 1.17 bits per heavy atom. The van der Waals surface area contributed by atoms with Gasteiger partial charge < -0.3 is 15.0 Å². The highest BCUT2D eigenvalue weighted by molar-refractivity contribution is 9.10. The number of carbonyl (C=O) groups is 2. The van der Waals surface area contributed by atoms with Gasteiger partial charge in [0, 0.05) is 48.0 Å². The van der Waals surface area contributed by atoms with Gasteiger partial charge in [-0.3, -0.25) is 14.5 Å². The standard InChI is InChI=1S/C22H23BrFN3O3/c1-30-20-7-6-17(23)13-16(20)5-8-22(29)27-11-9-26(10-12-27)15-21(28)25-19-4-2-3-18(24)14-19/h2-8,13-14H,9-12,15H2,1H3,(H,25,28)/b8-5+. The van der Waals surface area contributed by atoms with Crippen molar-refractivity contribution in [1.82, 2.24) is 9.80 Å². The summed E-state index contributed by atoms with van der Waals surface area (Å²) < 4.78 is 19.4. The molecule has 0 bridgehead atoms. The lowest BCUT2D eigenvalue weighted by Gasteiger charge is -2.33. The summed E-state index contributed by atoms with van der Waals surface area (Å²) in [6, 6.07) is 11.4. The fourth-order valence-electron chi connectivity index (χ4n) is 3.20. The van der Waals surface area contributed by atoms with Crippen LogP contribution in [-0.4, -0.2) is 61.4 Å². The van der Waals surface area contributed by atoms with Gasteiger partial charge in [0.05, 0.1) is 13.7 Å². The van der Waals surface area contributed by atoms with E-state index in [0.29, 0.717) is 37.6 Å². The van der Waals surface area contributed by atoms with E-state index in [9.17, 15) is 14.0 Å². The van der Waals surface area contributed by atoms with E-state index in [4.69, 9.17) is 4.74 Å². The number of benzene rings is 2. The second-order valence-corrected chi connectivity index (χ2v) is 7.80. The molecule has 30 heavy (non-hydrogen) atoms. The van der Waals surface area contributed by atoms with Crippen LogP contribution >= 0.6 is 15.9 Å². The van der Waals surface area contributed by atoms with Crippen molar-refractivity contribution in [2.45, 2.75) is 0 Å². The van der Waals surface area contributed by atoms with E-state index >= 15 is 0 Å².